The van der Waals surface area contributed by atoms with Crippen LogP contribution in [0.3, 0.4) is 0 Å². The lowest BCUT2D eigenvalue weighted by Crippen LogP contribution is -2.13. The first-order valence-electron chi connectivity index (χ1n) is 7.10. The highest BCUT2D eigenvalue weighted by atomic mass is 16.5. The van der Waals surface area contributed by atoms with Gasteiger partial charge >= 0.3 is 0 Å². The van der Waals surface area contributed by atoms with Crippen molar-refractivity contribution >= 4 is 11.0 Å². The maximum Gasteiger partial charge on any atom is 0.213 e. The molecule has 0 N–H and O–H groups in total. The average Bonchev–Trinajstić information content (AvgIpc) is 2.87. The number of para-hydroxylation sites is 1. The van der Waals surface area contributed by atoms with Crippen LogP contribution >= 0.6 is 0 Å². The summed E-state index contributed by atoms with van der Waals surface area (Å²) in [7, 11) is 0. The fourth-order valence-corrected chi connectivity index (χ4v) is 2.17. The smallest absolute Gasteiger partial charge is 0.213 e. The minimum Gasteiger partial charge on any atom is -0.469 e. The molecule has 2 heterocycles. The Balaban J connectivity index is 1.75. The van der Waals surface area contributed by atoms with E-state index in [0.717, 1.165) is 22.4 Å². The predicted molar refractivity (Wildman–Crippen MR) is 83.5 cm³/mol. The van der Waals surface area contributed by atoms with Gasteiger partial charge in [-0.15, -0.1) is 0 Å². The maximum atomic E-state index is 5.75. The largest absolute Gasteiger partial charge is 0.469 e. The van der Waals surface area contributed by atoms with E-state index in [9.17, 15) is 0 Å². The van der Waals surface area contributed by atoms with E-state index in [2.05, 4.69) is 25.8 Å². The quantitative estimate of drug-likeness (QED) is 0.697. The summed E-state index contributed by atoms with van der Waals surface area (Å²) in [6, 6.07) is 15.8. The molecule has 2 aromatic heterocycles. The van der Waals surface area contributed by atoms with E-state index in [-0.39, 0.29) is 5.41 Å². The number of hydrogen-bond acceptors (Lipinski definition) is 3. The van der Waals surface area contributed by atoms with Gasteiger partial charge < -0.3 is 9.15 Å². The molecule has 0 aliphatic heterocycles. The molecule has 3 nitrogen and oxygen atoms in total. The molecule has 21 heavy (non-hydrogen) atoms. The van der Waals surface area contributed by atoms with E-state index in [0.29, 0.717) is 12.5 Å². The van der Waals surface area contributed by atoms with Gasteiger partial charge in [-0.2, -0.15) is 0 Å². The number of nitrogens with zero attached hydrogens (tertiary/aromatic N) is 1. The topological polar surface area (TPSA) is 35.3 Å². The number of pyridine rings is 1. The van der Waals surface area contributed by atoms with E-state index in [4.69, 9.17) is 9.15 Å². The van der Waals surface area contributed by atoms with Crippen LogP contribution in [0, 0.1) is 0 Å². The molecule has 0 bridgehead atoms. The van der Waals surface area contributed by atoms with Gasteiger partial charge in [-0.1, -0.05) is 45.0 Å². The van der Waals surface area contributed by atoms with Gasteiger partial charge in [0.15, 0.2) is 0 Å². The number of benzene rings is 1. The summed E-state index contributed by atoms with van der Waals surface area (Å²) in [6.45, 7) is 6.80. The van der Waals surface area contributed by atoms with Gasteiger partial charge in [0.2, 0.25) is 5.88 Å². The summed E-state index contributed by atoms with van der Waals surface area (Å²) in [5, 5.41) is 1.09. The molecular weight excluding hydrogens is 262 g/mol. The standard InChI is InChI=1S/C18H19NO2/c1-18(2,3)16-9-6-10-17(19-16)20-12-14-11-13-7-4-5-8-15(13)21-14/h4-11H,12H2,1-3H3. The summed E-state index contributed by atoms with van der Waals surface area (Å²) in [4.78, 5) is 4.55. The molecule has 0 amide bonds. The van der Waals surface area contributed by atoms with Crippen LogP contribution in [0.2, 0.25) is 0 Å². The lowest BCUT2D eigenvalue weighted by atomic mass is 9.92. The zero-order valence-electron chi connectivity index (χ0n) is 12.6. The van der Waals surface area contributed by atoms with Crippen molar-refractivity contribution in [1.82, 2.24) is 4.98 Å². The fraction of sp³-hybridized carbons (Fsp3) is 0.278. The Kier molecular flexibility index (Phi) is 3.42. The molecule has 0 saturated carbocycles. The lowest BCUT2D eigenvalue weighted by molar-refractivity contribution is 0.262. The van der Waals surface area contributed by atoms with Crippen molar-refractivity contribution in [3.05, 3.63) is 60.0 Å². The number of hydrogen-bond donors (Lipinski definition) is 0. The maximum absolute atomic E-state index is 5.75. The summed E-state index contributed by atoms with van der Waals surface area (Å²) in [5.74, 6) is 1.43. The van der Waals surface area contributed by atoms with Gasteiger partial charge in [0, 0.05) is 22.6 Å². The van der Waals surface area contributed by atoms with Gasteiger partial charge in [-0.3, -0.25) is 0 Å². The Morgan fingerprint density at radius 2 is 1.86 bits per heavy atom. The summed E-state index contributed by atoms with van der Waals surface area (Å²) in [5.41, 5.74) is 1.91. The third-order valence-corrected chi connectivity index (χ3v) is 3.33. The lowest BCUT2D eigenvalue weighted by Gasteiger charge is -2.18. The molecule has 0 atom stereocenters. The number of ether oxygens (including phenoxy) is 1. The molecule has 0 unspecified atom stereocenters. The first-order valence-corrected chi connectivity index (χ1v) is 7.10. The zero-order valence-corrected chi connectivity index (χ0v) is 12.6. The third kappa shape index (κ3) is 3.07. The Bertz CT molecular complexity index is 720. The van der Waals surface area contributed by atoms with Crippen LogP contribution in [0.25, 0.3) is 11.0 Å². The van der Waals surface area contributed by atoms with Crippen molar-refractivity contribution in [2.24, 2.45) is 0 Å². The van der Waals surface area contributed by atoms with E-state index >= 15 is 0 Å². The SMILES string of the molecule is CC(C)(C)c1cccc(OCc2cc3ccccc3o2)n1. The molecule has 3 rings (SSSR count). The van der Waals surface area contributed by atoms with E-state index in [1.165, 1.54) is 0 Å². The normalized spacial score (nSPS) is 11.8. The second-order valence-corrected chi connectivity index (χ2v) is 6.15. The third-order valence-electron chi connectivity index (χ3n) is 3.33. The van der Waals surface area contributed by atoms with Crippen LogP contribution in [0.4, 0.5) is 0 Å². The molecule has 0 saturated heterocycles. The number of rotatable bonds is 3. The van der Waals surface area contributed by atoms with Crippen molar-refractivity contribution in [3.8, 4) is 5.88 Å². The first-order chi connectivity index (χ1) is 10.0. The van der Waals surface area contributed by atoms with Gasteiger partial charge in [0.05, 0.1) is 0 Å². The van der Waals surface area contributed by atoms with Crippen LogP contribution in [0.1, 0.15) is 32.2 Å². The minimum atomic E-state index is 0.0126. The van der Waals surface area contributed by atoms with Crippen LogP contribution in [0.5, 0.6) is 5.88 Å². The highest BCUT2D eigenvalue weighted by Gasteiger charge is 2.15. The van der Waals surface area contributed by atoms with Crippen molar-refractivity contribution in [2.75, 3.05) is 0 Å². The Hall–Kier alpha value is -2.29. The highest BCUT2D eigenvalue weighted by Crippen LogP contribution is 2.23. The molecule has 3 heteroatoms. The molecule has 0 aliphatic rings. The van der Waals surface area contributed by atoms with Crippen LogP contribution in [-0.2, 0) is 12.0 Å². The summed E-state index contributed by atoms with van der Waals surface area (Å²) >= 11 is 0. The van der Waals surface area contributed by atoms with Crippen LogP contribution < -0.4 is 4.74 Å². The van der Waals surface area contributed by atoms with Crippen molar-refractivity contribution in [2.45, 2.75) is 32.8 Å². The monoisotopic (exact) mass is 281 g/mol. The highest BCUT2D eigenvalue weighted by molar-refractivity contribution is 5.77. The van der Waals surface area contributed by atoms with E-state index < -0.39 is 0 Å². The molecule has 0 fully saturated rings. The van der Waals surface area contributed by atoms with Gasteiger partial charge in [0.25, 0.3) is 0 Å². The summed E-state index contributed by atoms with van der Waals surface area (Å²) < 4.78 is 11.5. The second kappa shape index (κ2) is 5.24. The van der Waals surface area contributed by atoms with Crippen molar-refractivity contribution < 1.29 is 9.15 Å². The molecular formula is C18H19NO2. The Morgan fingerprint density at radius 1 is 1.05 bits per heavy atom. The van der Waals surface area contributed by atoms with E-state index in [1.54, 1.807) is 0 Å². The molecule has 1 aromatic carbocycles. The zero-order chi connectivity index (χ0) is 14.9. The van der Waals surface area contributed by atoms with Crippen LogP contribution in [-0.4, -0.2) is 4.98 Å². The van der Waals surface area contributed by atoms with Gasteiger partial charge in [-0.25, -0.2) is 4.98 Å². The average molecular weight is 281 g/mol. The molecule has 108 valence electrons. The van der Waals surface area contributed by atoms with Crippen molar-refractivity contribution in [1.29, 1.82) is 0 Å². The molecule has 3 aromatic rings. The van der Waals surface area contributed by atoms with Gasteiger partial charge in [-0.05, 0) is 18.2 Å². The Labute approximate surface area is 124 Å². The summed E-state index contributed by atoms with van der Waals surface area (Å²) in [6.07, 6.45) is 0. The predicted octanol–water partition coefficient (Wildman–Crippen LogP) is 4.70. The molecule has 0 aliphatic carbocycles. The van der Waals surface area contributed by atoms with Crippen molar-refractivity contribution in [3.63, 3.8) is 0 Å². The molecule has 0 radical (unpaired) electrons. The second-order valence-electron chi connectivity index (χ2n) is 6.15. The molecule has 0 spiro atoms. The van der Waals surface area contributed by atoms with Gasteiger partial charge in [0.1, 0.15) is 18.0 Å². The fourth-order valence-electron chi connectivity index (χ4n) is 2.17. The van der Waals surface area contributed by atoms with Crippen LogP contribution in [0.15, 0.2) is 52.9 Å². The number of furan rings is 1. The van der Waals surface area contributed by atoms with E-state index in [1.807, 2.05) is 48.5 Å². The number of fused-ring (bicyclic) bond motifs is 1. The first kappa shape index (κ1) is 13.7. The minimum absolute atomic E-state index is 0.0126. The number of aromatic nitrogens is 1. The Morgan fingerprint density at radius 3 is 2.62 bits per heavy atom.